The molecule has 2 rings (SSSR count). The number of hydrogen-bond acceptors (Lipinski definition) is 4. The summed E-state index contributed by atoms with van der Waals surface area (Å²) in [7, 11) is 0. The molecular formula is C22H29N3O3. The van der Waals surface area contributed by atoms with Gasteiger partial charge in [0.05, 0.1) is 0 Å². The van der Waals surface area contributed by atoms with Gasteiger partial charge in [-0.1, -0.05) is 45.9 Å². The summed E-state index contributed by atoms with van der Waals surface area (Å²) in [6, 6.07) is 12.8. The number of ether oxygens (including phenoxy) is 1. The number of nitrogens with one attached hydrogen (secondary N) is 2. The summed E-state index contributed by atoms with van der Waals surface area (Å²) < 4.78 is 5.50. The lowest BCUT2D eigenvalue weighted by molar-refractivity contribution is -0.127. The molecule has 0 aliphatic heterocycles. The number of amides is 2. The van der Waals surface area contributed by atoms with E-state index in [0.29, 0.717) is 23.1 Å². The van der Waals surface area contributed by atoms with E-state index in [9.17, 15) is 9.59 Å². The molecule has 1 atom stereocenters. The number of hydrazine groups is 1. The molecule has 6 heteroatoms. The summed E-state index contributed by atoms with van der Waals surface area (Å²) in [6.45, 7) is 10.0. The Morgan fingerprint density at radius 3 is 1.89 bits per heavy atom. The molecular weight excluding hydrogens is 354 g/mol. The van der Waals surface area contributed by atoms with Crippen molar-refractivity contribution in [3.8, 4) is 5.75 Å². The number of benzene rings is 2. The summed E-state index contributed by atoms with van der Waals surface area (Å²) in [4.78, 5) is 24.3. The van der Waals surface area contributed by atoms with Gasteiger partial charge in [-0.05, 0) is 54.2 Å². The Labute approximate surface area is 166 Å². The van der Waals surface area contributed by atoms with Crippen molar-refractivity contribution < 1.29 is 14.3 Å². The second-order valence-electron chi connectivity index (χ2n) is 7.37. The predicted molar refractivity (Wildman–Crippen MR) is 111 cm³/mol. The first kappa shape index (κ1) is 21.4. The third-order valence-electron chi connectivity index (χ3n) is 4.55. The minimum absolute atomic E-state index is 0.186. The van der Waals surface area contributed by atoms with E-state index in [1.54, 1.807) is 31.2 Å². The quantitative estimate of drug-likeness (QED) is 0.383. The van der Waals surface area contributed by atoms with Crippen molar-refractivity contribution in [1.82, 2.24) is 5.43 Å². The van der Waals surface area contributed by atoms with Crippen LogP contribution >= 0.6 is 0 Å². The highest BCUT2D eigenvalue weighted by atomic mass is 16.5. The van der Waals surface area contributed by atoms with Crippen molar-refractivity contribution in [2.24, 2.45) is 5.84 Å². The third-order valence-corrected chi connectivity index (χ3v) is 4.55. The van der Waals surface area contributed by atoms with Crippen LogP contribution in [0.4, 0.5) is 5.69 Å². The summed E-state index contributed by atoms with van der Waals surface area (Å²) >= 11 is 0. The van der Waals surface area contributed by atoms with E-state index in [1.165, 1.54) is 0 Å². The van der Waals surface area contributed by atoms with E-state index >= 15 is 0 Å². The maximum absolute atomic E-state index is 12.8. The Hall–Kier alpha value is -2.86. The lowest BCUT2D eigenvalue weighted by Crippen LogP contribution is -2.40. The van der Waals surface area contributed by atoms with Gasteiger partial charge in [-0.3, -0.25) is 15.0 Å². The number of nitrogens with two attached hydrogens (primary N) is 1. The monoisotopic (exact) mass is 383 g/mol. The van der Waals surface area contributed by atoms with Gasteiger partial charge < -0.3 is 10.1 Å². The van der Waals surface area contributed by atoms with Crippen molar-refractivity contribution in [2.75, 3.05) is 5.32 Å². The molecule has 0 saturated carbocycles. The van der Waals surface area contributed by atoms with Gasteiger partial charge in [-0.2, -0.15) is 0 Å². The SMILES string of the molecule is CC(Oc1ccc(C(=O)Nc2c(C(C)C)cccc2C(C)C)cc1)C(=O)NN. The number of rotatable bonds is 7. The number of carbonyl (C=O) groups excluding carboxylic acids is 2. The summed E-state index contributed by atoms with van der Waals surface area (Å²) in [6.07, 6.45) is -0.726. The molecule has 150 valence electrons. The molecule has 0 aliphatic rings. The van der Waals surface area contributed by atoms with Crippen molar-refractivity contribution in [3.05, 3.63) is 59.2 Å². The van der Waals surface area contributed by atoms with Crippen LogP contribution in [0.2, 0.25) is 0 Å². The smallest absolute Gasteiger partial charge is 0.274 e. The second-order valence-corrected chi connectivity index (χ2v) is 7.37. The minimum Gasteiger partial charge on any atom is -0.481 e. The first-order chi connectivity index (χ1) is 13.2. The molecule has 0 aromatic heterocycles. The lowest BCUT2D eigenvalue weighted by Gasteiger charge is -2.20. The molecule has 0 saturated heterocycles. The van der Waals surface area contributed by atoms with Crippen LogP contribution in [0.15, 0.2) is 42.5 Å². The van der Waals surface area contributed by atoms with Crippen LogP contribution in [0.25, 0.3) is 0 Å². The highest BCUT2D eigenvalue weighted by molar-refractivity contribution is 6.05. The van der Waals surface area contributed by atoms with Crippen LogP contribution in [0.3, 0.4) is 0 Å². The topological polar surface area (TPSA) is 93.4 Å². The molecule has 0 fully saturated rings. The van der Waals surface area contributed by atoms with Crippen molar-refractivity contribution >= 4 is 17.5 Å². The highest BCUT2D eigenvalue weighted by Crippen LogP contribution is 2.32. The molecule has 6 nitrogen and oxygen atoms in total. The van der Waals surface area contributed by atoms with Crippen LogP contribution in [-0.2, 0) is 4.79 Å². The lowest BCUT2D eigenvalue weighted by atomic mass is 9.92. The van der Waals surface area contributed by atoms with Gasteiger partial charge in [0.1, 0.15) is 5.75 Å². The Kier molecular flexibility index (Phi) is 7.18. The largest absolute Gasteiger partial charge is 0.481 e. The summed E-state index contributed by atoms with van der Waals surface area (Å²) in [5, 5.41) is 3.09. The van der Waals surface area contributed by atoms with Gasteiger partial charge >= 0.3 is 0 Å². The fourth-order valence-electron chi connectivity index (χ4n) is 2.94. The normalized spacial score (nSPS) is 12.0. The summed E-state index contributed by atoms with van der Waals surface area (Å²) in [5.74, 6) is 5.56. The highest BCUT2D eigenvalue weighted by Gasteiger charge is 2.17. The average molecular weight is 383 g/mol. The first-order valence-electron chi connectivity index (χ1n) is 9.45. The fraction of sp³-hybridized carbons (Fsp3) is 0.364. The van der Waals surface area contributed by atoms with Crippen LogP contribution < -0.4 is 21.3 Å². The van der Waals surface area contributed by atoms with Gasteiger partial charge in [0.15, 0.2) is 6.10 Å². The van der Waals surface area contributed by atoms with E-state index in [-0.39, 0.29) is 5.91 Å². The molecule has 0 aliphatic carbocycles. The molecule has 28 heavy (non-hydrogen) atoms. The number of carbonyl (C=O) groups is 2. The zero-order valence-electron chi connectivity index (χ0n) is 17.1. The molecule has 0 spiro atoms. The predicted octanol–water partition coefficient (Wildman–Crippen LogP) is 3.94. The van der Waals surface area contributed by atoms with Gasteiger partial charge in [0.2, 0.25) is 0 Å². The minimum atomic E-state index is -0.726. The van der Waals surface area contributed by atoms with E-state index in [1.807, 2.05) is 23.6 Å². The van der Waals surface area contributed by atoms with Crippen LogP contribution in [0.1, 0.15) is 67.9 Å². The van der Waals surface area contributed by atoms with Crippen molar-refractivity contribution in [3.63, 3.8) is 0 Å². The molecule has 4 N–H and O–H groups in total. The van der Waals surface area contributed by atoms with Crippen LogP contribution in [0, 0.1) is 0 Å². The van der Waals surface area contributed by atoms with Gasteiger partial charge in [-0.25, -0.2) is 5.84 Å². The van der Waals surface area contributed by atoms with Crippen molar-refractivity contribution in [2.45, 2.75) is 52.6 Å². The van der Waals surface area contributed by atoms with E-state index in [2.05, 4.69) is 33.0 Å². The zero-order chi connectivity index (χ0) is 20.8. The maximum Gasteiger partial charge on any atom is 0.274 e. The van der Waals surface area contributed by atoms with Crippen LogP contribution in [0.5, 0.6) is 5.75 Å². The Bertz CT molecular complexity index is 803. The third kappa shape index (κ3) is 5.10. The van der Waals surface area contributed by atoms with E-state index in [4.69, 9.17) is 10.6 Å². The number of para-hydroxylation sites is 1. The summed E-state index contributed by atoms with van der Waals surface area (Å²) in [5.41, 5.74) is 5.66. The first-order valence-corrected chi connectivity index (χ1v) is 9.45. The van der Waals surface area contributed by atoms with Crippen LogP contribution in [-0.4, -0.2) is 17.9 Å². The average Bonchev–Trinajstić information content (AvgIpc) is 2.67. The Morgan fingerprint density at radius 2 is 1.43 bits per heavy atom. The standard InChI is InChI=1S/C22H29N3O3/c1-13(2)18-7-6-8-19(14(3)4)20(18)24-22(27)16-9-11-17(12-10-16)28-15(5)21(26)25-23/h6-15H,23H2,1-5H3,(H,24,27)(H,25,26). The molecule has 2 aromatic carbocycles. The molecule has 0 radical (unpaired) electrons. The van der Waals surface area contributed by atoms with Crippen molar-refractivity contribution in [1.29, 1.82) is 0 Å². The van der Waals surface area contributed by atoms with E-state index in [0.717, 1.165) is 16.8 Å². The second kappa shape index (κ2) is 9.37. The Morgan fingerprint density at radius 1 is 0.893 bits per heavy atom. The number of hydrogen-bond donors (Lipinski definition) is 3. The van der Waals surface area contributed by atoms with E-state index < -0.39 is 12.0 Å². The zero-order valence-corrected chi connectivity index (χ0v) is 17.1. The molecule has 2 aromatic rings. The van der Waals surface area contributed by atoms with Gasteiger partial charge in [0, 0.05) is 11.3 Å². The Balaban J connectivity index is 2.21. The van der Waals surface area contributed by atoms with Gasteiger partial charge in [-0.15, -0.1) is 0 Å². The van der Waals surface area contributed by atoms with Gasteiger partial charge in [0.25, 0.3) is 11.8 Å². The maximum atomic E-state index is 12.8. The fourth-order valence-corrected chi connectivity index (χ4v) is 2.94. The molecule has 2 amide bonds. The molecule has 0 bridgehead atoms. The molecule has 1 unspecified atom stereocenters. The molecule has 0 heterocycles. The number of anilines is 1.